The zero-order chi connectivity index (χ0) is 21.8. The lowest BCUT2D eigenvalue weighted by molar-refractivity contribution is -0.119. The highest BCUT2D eigenvalue weighted by molar-refractivity contribution is 5.95. The number of ether oxygens (including phenoxy) is 4. The second-order valence-electron chi connectivity index (χ2n) is 6.38. The molecule has 7 heteroatoms. The number of benzene rings is 2. The van der Waals surface area contributed by atoms with Crippen molar-refractivity contribution in [3.05, 3.63) is 48.0 Å². The van der Waals surface area contributed by atoms with Crippen molar-refractivity contribution in [3.63, 3.8) is 0 Å². The first-order valence-electron chi connectivity index (χ1n) is 10.2. The van der Waals surface area contributed by atoms with Crippen LogP contribution in [0.4, 0.5) is 5.69 Å². The fourth-order valence-electron chi connectivity index (χ4n) is 2.56. The smallest absolute Gasteiger partial charge is 0.338 e. The molecule has 30 heavy (non-hydrogen) atoms. The summed E-state index contributed by atoms with van der Waals surface area (Å²) in [5, 5.41) is 2.67. The summed E-state index contributed by atoms with van der Waals surface area (Å²) in [6.07, 6.45) is 1.95. The molecule has 0 heterocycles. The largest absolute Gasteiger partial charge is 0.494 e. The second-order valence-corrected chi connectivity index (χ2v) is 6.38. The molecule has 0 spiro atoms. The van der Waals surface area contributed by atoms with Gasteiger partial charge in [-0.3, -0.25) is 4.79 Å². The second kappa shape index (κ2) is 12.4. The van der Waals surface area contributed by atoms with E-state index in [-0.39, 0.29) is 5.56 Å². The number of unbranched alkanes of at least 4 members (excludes halogenated alkanes) is 1. The summed E-state index contributed by atoms with van der Waals surface area (Å²) in [5.74, 6) is 0.723. The van der Waals surface area contributed by atoms with Crippen molar-refractivity contribution >= 4 is 17.6 Å². The van der Waals surface area contributed by atoms with Gasteiger partial charge in [0.1, 0.15) is 5.75 Å². The molecule has 2 aromatic rings. The first-order chi connectivity index (χ1) is 14.6. The Morgan fingerprint density at radius 3 is 2.27 bits per heavy atom. The summed E-state index contributed by atoms with van der Waals surface area (Å²) in [6.45, 7) is 7.01. The van der Waals surface area contributed by atoms with Gasteiger partial charge in [0.15, 0.2) is 18.1 Å². The average Bonchev–Trinajstić information content (AvgIpc) is 2.75. The molecule has 0 bridgehead atoms. The third kappa shape index (κ3) is 7.31. The maximum Gasteiger partial charge on any atom is 0.338 e. The molecule has 7 nitrogen and oxygen atoms in total. The quantitative estimate of drug-likeness (QED) is 0.407. The Kier molecular flexibility index (Phi) is 9.51. The lowest BCUT2D eigenvalue weighted by Crippen LogP contribution is -2.21. The number of hydrogen-bond acceptors (Lipinski definition) is 6. The topological polar surface area (TPSA) is 83.1 Å². The maximum absolute atomic E-state index is 12.3. The molecular formula is C23H29NO6. The average molecular weight is 415 g/mol. The van der Waals surface area contributed by atoms with Crippen molar-refractivity contribution in [2.75, 3.05) is 31.7 Å². The summed E-state index contributed by atoms with van der Waals surface area (Å²) in [4.78, 5) is 24.4. The Morgan fingerprint density at radius 2 is 1.60 bits per heavy atom. The zero-order valence-corrected chi connectivity index (χ0v) is 17.7. The normalized spacial score (nSPS) is 10.2. The van der Waals surface area contributed by atoms with Crippen LogP contribution in [-0.2, 0) is 9.53 Å². The first-order valence-corrected chi connectivity index (χ1v) is 10.2. The maximum atomic E-state index is 12.3. The van der Waals surface area contributed by atoms with E-state index in [1.165, 1.54) is 0 Å². The van der Waals surface area contributed by atoms with Crippen LogP contribution in [0.15, 0.2) is 42.5 Å². The van der Waals surface area contributed by atoms with Crippen LogP contribution < -0.4 is 19.5 Å². The molecular weight excluding hydrogens is 386 g/mol. The van der Waals surface area contributed by atoms with Crippen molar-refractivity contribution in [2.45, 2.75) is 33.6 Å². The van der Waals surface area contributed by atoms with E-state index < -0.39 is 18.5 Å². The Bertz CT molecular complexity index is 819. The molecule has 0 radical (unpaired) electrons. The molecule has 2 aromatic carbocycles. The number of amides is 1. The lowest BCUT2D eigenvalue weighted by atomic mass is 10.2. The Morgan fingerprint density at radius 1 is 0.867 bits per heavy atom. The number of nitrogens with one attached hydrogen (secondary N) is 1. The standard InChI is InChI=1S/C23H29NO6/c1-4-7-14-29-20-13-8-17(15-21(20)28-6-3)23(26)30-16-22(25)24-18-9-11-19(12-10-18)27-5-2/h8-13,15H,4-7,14,16H2,1-3H3,(H,24,25). The molecule has 162 valence electrons. The third-order valence-electron chi connectivity index (χ3n) is 4.02. The summed E-state index contributed by atoms with van der Waals surface area (Å²) in [6, 6.07) is 11.8. The van der Waals surface area contributed by atoms with Gasteiger partial charge in [-0.05, 0) is 62.7 Å². The molecule has 0 aliphatic rings. The number of anilines is 1. The van der Waals surface area contributed by atoms with Crippen molar-refractivity contribution in [1.82, 2.24) is 0 Å². The predicted molar refractivity (Wildman–Crippen MR) is 115 cm³/mol. The number of rotatable bonds is 12. The molecule has 0 atom stereocenters. The van der Waals surface area contributed by atoms with Gasteiger partial charge in [-0.15, -0.1) is 0 Å². The minimum atomic E-state index is -0.613. The molecule has 0 aliphatic heterocycles. The van der Waals surface area contributed by atoms with Crippen LogP contribution in [0.2, 0.25) is 0 Å². The predicted octanol–water partition coefficient (Wildman–Crippen LogP) is 4.46. The Hall–Kier alpha value is -3.22. The van der Waals surface area contributed by atoms with Crippen molar-refractivity contribution in [1.29, 1.82) is 0 Å². The molecule has 0 unspecified atom stereocenters. The fourth-order valence-corrected chi connectivity index (χ4v) is 2.56. The van der Waals surface area contributed by atoms with Crippen LogP contribution in [0, 0.1) is 0 Å². The highest BCUT2D eigenvalue weighted by Crippen LogP contribution is 2.29. The number of carbonyl (C=O) groups excluding carboxylic acids is 2. The molecule has 2 rings (SSSR count). The van der Waals surface area contributed by atoms with E-state index in [0.717, 1.165) is 12.8 Å². The summed E-state index contributed by atoms with van der Waals surface area (Å²) in [7, 11) is 0. The lowest BCUT2D eigenvalue weighted by Gasteiger charge is -2.13. The van der Waals surface area contributed by atoms with Gasteiger partial charge in [0.25, 0.3) is 5.91 Å². The molecule has 0 aromatic heterocycles. The highest BCUT2D eigenvalue weighted by atomic mass is 16.5. The van der Waals surface area contributed by atoms with E-state index in [9.17, 15) is 9.59 Å². The van der Waals surface area contributed by atoms with Crippen LogP contribution in [0.3, 0.4) is 0 Å². The Labute approximate surface area is 177 Å². The van der Waals surface area contributed by atoms with E-state index in [1.54, 1.807) is 42.5 Å². The molecule has 1 N–H and O–H groups in total. The van der Waals surface area contributed by atoms with Crippen molar-refractivity contribution in [2.24, 2.45) is 0 Å². The van der Waals surface area contributed by atoms with Crippen LogP contribution in [-0.4, -0.2) is 38.3 Å². The van der Waals surface area contributed by atoms with Gasteiger partial charge in [0, 0.05) is 5.69 Å². The highest BCUT2D eigenvalue weighted by Gasteiger charge is 2.14. The number of carbonyl (C=O) groups is 2. The van der Waals surface area contributed by atoms with E-state index in [0.29, 0.717) is 42.8 Å². The van der Waals surface area contributed by atoms with Crippen molar-refractivity contribution < 1.29 is 28.5 Å². The SMILES string of the molecule is CCCCOc1ccc(C(=O)OCC(=O)Nc2ccc(OCC)cc2)cc1OCC. The van der Waals surface area contributed by atoms with E-state index in [2.05, 4.69) is 12.2 Å². The molecule has 0 aliphatic carbocycles. The molecule has 1 amide bonds. The van der Waals surface area contributed by atoms with Gasteiger partial charge >= 0.3 is 5.97 Å². The number of hydrogen-bond donors (Lipinski definition) is 1. The summed E-state index contributed by atoms with van der Waals surface area (Å²) in [5.41, 5.74) is 0.877. The van der Waals surface area contributed by atoms with Crippen LogP contribution in [0.5, 0.6) is 17.2 Å². The molecule has 0 saturated heterocycles. The van der Waals surface area contributed by atoms with Gasteiger partial charge < -0.3 is 24.3 Å². The Balaban J connectivity index is 1.91. The van der Waals surface area contributed by atoms with Crippen LogP contribution in [0.1, 0.15) is 44.0 Å². The van der Waals surface area contributed by atoms with E-state index >= 15 is 0 Å². The third-order valence-corrected chi connectivity index (χ3v) is 4.02. The van der Waals surface area contributed by atoms with Crippen LogP contribution >= 0.6 is 0 Å². The number of esters is 1. The minimum Gasteiger partial charge on any atom is -0.494 e. The van der Waals surface area contributed by atoms with Crippen LogP contribution in [0.25, 0.3) is 0 Å². The monoisotopic (exact) mass is 415 g/mol. The summed E-state index contributed by atoms with van der Waals surface area (Å²) < 4.78 is 21.7. The van der Waals surface area contributed by atoms with E-state index in [4.69, 9.17) is 18.9 Å². The summed E-state index contributed by atoms with van der Waals surface area (Å²) >= 11 is 0. The van der Waals surface area contributed by atoms with Gasteiger partial charge in [0.2, 0.25) is 0 Å². The van der Waals surface area contributed by atoms with Gasteiger partial charge in [-0.25, -0.2) is 4.79 Å². The minimum absolute atomic E-state index is 0.287. The molecule has 0 saturated carbocycles. The van der Waals surface area contributed by atoms with Gasteiger partial charge in [-0.1, -0.05) is 13.3 Å². The van der Waals surface area contributed by atoms with Crippen molar-refractivity contribution in [3.8, 4) is 17.2 Å². The first kappa shape index (κ1) is 23.1. The van der Waals surface area contributed by atoms with Gasteiger partial charge in [-0.2, -0.15) is 0 Å². The molecule has 0 fully saturated rings. The van der Waals surface area contributed by atoms with E-state index in [1.807, 2.05) is 13.8 Å². The fraction of sp³-hybridized carbons (Fsp3) is 0.391. The zero-order valence-electron chi connectivity index (χ0n) is 17.7. The van der Waals surface area contributed by atoms with Gasteiger partial charge in [0.05, 0.1) is 25.4 Å².